The molecule has 0 bridgehead atoms. The highest BCUT2D eigenvalue weighted by Crippen LogP contribution is 2.37. The Bertz CT molecular complexity index is 172. The smallest absolute Gasteiger partial charge is 0.0662 e. The second kappa shape index (κ2) is 4.60. The van der Waals surface area contributed by atoms with Crippen molar-refractivity contribution in [2.24, 2.45) is 0 Å². The number of hydrogen-bond donors (Lipinski definition) is 3. The normalized spacial score (nSPS) is 31.1. The van der Waals surface area contributed by atoms with Gasteiger partial charge in [-0.1, -0.05) is 0 Å². The molecule has 0 amide bonds. The first-order valence-corrected chi connectivity index (χ1v) is 5.95. The van der Waals surface area contributed by atoms with Crippen LogP contribution in [-0.2, 0) is 0 Å². The zero-order valence-electron chi connectivity index (χ0n) is 8.89. The summed E-state index contributed by atoms with van der Waals surface area (Å²) in [4.78, 5) is 0. The fraction of sp³-hybridized carbons (Fsp3) is 1.00. The molecule has 82 valence electrons. The average molecular weight is 198 g/mol. The molecule has 1 aliphatic heterocycles. The molecule has 3 nitrogen and oxygen atoms in total. The molecule has 14 heavy (non-hydrogen) atoms. The summed E-state index contributed by atoms with van der Waals surface area (Å²) in [6.45, 7) is 3.30. The molecule has 1 unspecified atom stereocenters. The van der Waals surface area contributed by atoms with E-state index in [1.807, 2.05) is 0 Å². The number of nitrogens with one attached hydrogen (secondary N) is 2. The third-order valence-electron chi connectivity index (χ3n) is 3.43. The standard InChI is InChI=1S/C11H22N2O/c14-11(4-5-11)6-9-13-10-2-1-7-12-8-3-10/h10,12-14H,1-9H2. The Kier molecular flexibility index (Phi) is 3.42. The first-order chi connectivity index (χ1) is 6.79. The molecular weight excluding hydrogens is 176 g/mol. The number of hydrogen-bond acceptors (Lipinski definition) is 3. The Balaban J connectivity index is 1.59. The molecule has 3 heteroatoms. The lowest BCUT2D eigenvalue weighted by molar-refractivity contribution is 0.138. The van der Waals surface area contributed by atoms with Crippen LogP contribution in [0.3, 0.4) is 0 Å². The van der Waals surface area contributed by atoms with Crippen molar-refractivity contribution in [3.8, 4) is 0 Å². The second-order valence-corrected chi connectivity index (χ2v) is 4.81. The van der Waals surface area contributed by atoms with Gasteiger partial charge in [0, 0.05) is 6.04 Å². The number of aliphatic hydroxyl groups is 1. The highest BCUT2D eigenvalue weighted by molar-refractivity contribution is 4.93. The van der Waals surface area contributed by atoms with Crippen molar-refractivity contribution in [3.05, 3.63) is 0 Å². The van der Waals surface area contributed by atoms with Crippen molar-refractivity contribution in [2.45, 2.75) is 50.2 Å². The van der Waals surface area contributed by atoms with Gasteiger partial charge in [0.2, 0.25) is 0 Å². The minimum Gasteiger partial charge on any atom is -0.390 e. The topological polar surface area (TPSA) is 44.3 Å². The Morgan fingerprint density at radius 1 is 1.29 bits per heavy atom. The van der Waals surface area contributed by atoms with Gasteiger partial charge in [0.25, 0.3) is 0 Å². The van der Waals surface area contributed by atoms with Crippen LogP contribution < -0.4 is 10.6 Å². The predicted octanol–water partition coefficient (Wildman–Crippen LogP) is 0.633. The van der Waals surface area contributed by atoms with E-state index in [0.717, 1.165) is 32.4 Å². The van der Waals surface area contributed by atoms with Crippen molar-refractivity contribution >= 4 is 0 Å². The van der Waals surface area contributed by atoms with E-state index < -0.39 is 0 Å². The summed E-state index contributed by atoms with van der Waals surface area (Å²) in [5.41, 5.74) is -0.282. The zero-order valence-corrected chi connectivity index (χ0v) is 8.89. The van der Waals surface area contributed by atoms with E-state index in [9.17, 15) is 5.11 Å². The van der Waals surface area contributed by atoms with E-state index in [2.05, 4.69) is 10.6 Å². The molecule has 1 saturated heterocycles. The molecule has 0 aromatic heterocycles. The van der Waals surface area contributed by atoms with E-state index in [1.165, 1.54) is 25.8 Å². The Hall–Kier alpha value is -0.120. The lowest BCUT2D eigenvalue weighted by atomic mass is 10.1. The third-order valence-corrected chi connectivity index (χ3v) is 3.43. The van der Waals surface area contributed by atoms with Gasteiger partial charge in [0.05, 0.1) is 5.60 Å². The van der Waals surface area contributed by atoms with Gasteiger partial charge in [-0.2, -0.15) is 0 Å². The fourth-order valence-corrected chi connectivity index (χ4v) is 2.13. The first kappa shape index (κ1) is 10.4. The van der Waals surface area contributed by atoms with Gasteiger partial charge in [-0.15, -0.1) is 0 Å². The van der Waals surface area contributed by atoms with E-state index in [1.54, 1.807) is 0 Å². The molecule has 0 spiro atoms. The van der Waals surface area contributed by atoms with Crippen LogP contribution in [-0.4, -0.2) is 36.4 Å². The summed E-state index contributed by atoms with van der Waals surface area (Å²) >= 11 is 0. The second-order valence-electron chi connectivity index (χ2n) is 4.81. The van der Waals surface area contributed by atoms with E-state index in [-0.39, 0.29) is 5.60 Å². The predicted molar refractivity (Wildman–Crippen MR) is 57.3 cm³/mol. The summed E-state index contributed by atoms with van der Waals surface area (Å²) < 4.78 is 0. The lowest BCUT2D eigenvalue weighted by Gasteiger charge is -2.17. The average Bonchev–Trinajstić information content (AvgIpc) is 2.92. The molecule has 0 aromatic carbocycles. The van der Waals surface area contributed by atoms with Gasteiger partial charge in [-0.05, 0) is 58.2 Å². The van der Waals surface area contributed by atoms with Crippen LogP contribution in [0, 0.1) is 0 Å². The molecule has 2 fully saturated rings. The van der Waals surface area contributed by atoms with Gasteiger partial charge in [0.1, 0.15) is 0 Å². The maximum atomic E-state index is 9.66. The maximum absolute atomic E-state index is 9.66. The van der Waals surface area contributed by atoms with Crippen molar-refractivity contribution in [1.82, 2.24) is 10.6 Å². The van der Waals surface area contributed by atoms with Crippen LogP contribution in [0.4, 0.5) is 0 Å². The van der Waals surface area contributed by atoms with Gasteiger partial charge >= 0.3 is 0 Å². The summed E-state index contributed by atoms with van der Waals surface area (Å²) in [5, 5.41) is 16.6. The van der Waals surface area contributed by atoms with E-state index in [4.69, 9.17) is 0 Å². The minimum absolute atomic E-state index is 0.282. The molecule has 1 aliphatic carbocycles. The van der Waals surface area contributed by atoms with Crippen LogP contribution in [0.2, 0.25) is 0 Å². The Morgan fingerprint density at radius 2 is 2.14 bits per heavy atom. The van der Waals surface area contributed by atoms with Crippen LogP contribution in [0.1, 0.15) is 38.5 Å². The fourth-order valence-electron chi connectivity index (χ4n) is 2.13. The largest absolute Gasteiger partial charge is 0.390 e. The first-order valence-electron chi connectivity index (χ1n) is 5.95. The van der Waals surface area contributed by atoms with Gasteiger partial charge in [-0.3, -0.25) is 0 Å². The van der Waals surface area contributed by atoms with E-state index >= 15 is 0 Å². The van der Waals surface area contributed by atoms with Crippen LogP contribution in [0.25, 0.3) is 0 Å². The van der Waals surface area contributed by atoms with Crippen molar-refractivity contribution in [3.63, 3.8) is 0 Å². The van der Waals surface area contributed by atoms with Crippen molar-refractivity contribution in [1.29, 1.82) is 0 Å². The third kappa shape index (κ3) is 3.23. The van der Waals surface area contributed by atoms with Gasteiger partial charge in [0.15, 0.2) is 0 Å². The summed E-state index contributed by atoms with van der Waals surface area (Å²) in [6, 6.07) is 0.673. The Labute approximate surface area is 86.3 Å². The highest BCUT2D eigenvalue weighted by Gasteiger charge is 2.39. The summed E-state index contributed by atoms with van der Waals surface area (Å²) in [5.74, 6) is 0. The summed E-state index contributed by atoms with van der Waals surface area (Å²) in [6.07, 6.45) is 6.77. The molecule has 1 heterocycles. The van der Waals surface area contributed by atoms with Crippen LogP contribution in [0.5, 0.6) is 0 Å². The monoisotopic (exact) mass is 198 g/mol. The number of rotatable bonds is 4. The molecule has 1 saturated carbocycles. The molecular formula is C11H22N2O. The lowest BCUT2D eigenvalue weighted by Crippen LogP contribution is -2.32. The Morgan fingerprint density at radius 3 is 2.93 bits per heavy atom. The highest BCUT2D eigenvalue weighted by atomic mass is 16.3. The van der Waals surface area contributed by atoms with Gasteiger partial charge < -0.3 is 15.7 Å². The quantitative estimate of drug-likeness (QED) is 0.621. The van der Waals surface area contributed by atoms with Crippen molar-refractivity contribution in [2.75, 3.05) is 19.6 Å². The van der Waals surface area contributed by atoms with Crippen LogP contribution >= 0.6 is 0 Å². The molecule has 1 atom stereocenters. The SMILES string of the molecule is OC1(CCNC2CCCNCC2)CC1. The molecule has 0 aromatic rings. The van der Waals surface area contributed by atoms with Crippen LogP contribution in [0.15, 0.2) is 0 Å². The summed E-state index contributed by atoms with van der Waals surface area (Å²) in [7, 11) is 0. The van der Waals surface area contributed by atoms with Crippen molar-refractivity contribution < 1.29 is 5.11 Å². The molecule has 3 N–H and O–H groups in total. The minimum atomic E-state index is -0.282. The zero-order chi connectivity index (χ0) is 9.86. The molecule has 2 rings (SSSR count). The molecule has 2 aliphatic rings. The maximum Gasteiger partial charge on any atom is 0.0662 e. The molecule has 0 radical (unpaired) electrons. The van der Waals surface area contributed by atoms with Gasteiger partial charge in [-0.25, -0.2) is 0 Å². The van der Waals surface area contributed by atoms with E-state index in [0.29, 0.717) is 6.04 Å².